The number of aromatic nitrogens is 6. The number of nitriles is 3. The van der Waals surface area contributed by atoms with Crippen molar-refractivity contribution in [2.24, 2.45) is 0 Å². The van der Waals surface area contributed by atoms with E-state index in [2.05, 4.69) is 18.2 Å². The molecule has 0 saturated carbocycles. The first kappa shape index (κ1) is 17.2. The van der Waals surface area contributed by atoms with Crippen molar-refractivity contribution >= 4 is 50.4 Å². The summed E-state index contributed by atoms with van der Waals surface area (Å²) in [6.07, 6.45) is 0. The number of hydrogen-bond acceptors (Lipinski definition) is 6. The average molecular weight is 423 g/mol. The highest BCUT2D eigenvalue weighted by Crippen LogP contribution is 2.29. The number of imidazole rings is 3. The second-order valence-corrected chi connectivity index (χ2v) is 7.69. The maximum absolute atomic E-state index is 9.45. The van der Waals surface area contributed by atoms with Crippen LogP contribution in [0.1, 0.15) is 16.7 Å². The third-order valence-corrected chi connectivity index (χ3v) is 5.90. The van der Waals surface area contributed by atoms with Gasteiger partial charge in [-0.15, -0.1) is 0 Å². The van der Waals surface area contributed by atoms with E-state index in [0.717, 1.165) is 16.6 Å². The lowest BCUT2D eigenvalue weighted by atomic mass is 10.2. The highest BCUT2D eigenvalue weighted by molar-refractivity contribution is 5.92. The predicted octanol–water partition coefficient (Wildman–Crippen LogP) is 3.70. The quantitative estimate of drug-likeness (QED) is 0.366. The minimum Gasteiger partial charge on any atom is -0.247 e. The maximum atomic E-state index is 9.45. The molecule has 0 fully saturated rings. The highest BCUT2D eigenvalue weighted by atomic mass is 15.3. The molecule has 150 valence electrons. The maximum Gasteiger partial charge on any atom is 0.225 e. The van der Waals surface area contributed by atoms with Gasteiger partial charge in [-0.25, -0.2) is 28.2 Å². The van der Waals surface area contributed by atoms with Crippen LogP contribution in [-0.2, 0) is 0 Å². The summed E-state index contributed by atoms with van der Waals surface area (Å²) in [7, 11) is 0. The second kappa shape index (κ2) is 5.82. The molecule has 7 rings (SSSR count). The lowest BCUT2D eigenvalue weighted by Gasteiger charge is -2.05. The molecule has 0 radical (unpaired) electrons. The van der Waals surface area contributed by atoms with Crippen molar-refractivity contribution in [3.8, 4) is 18.2 Å². The van der Waals surface area contributed by atoms with Crippen LogP contribution in [0.25, 0.3) is 50.4 Å². The topological polar surface area (TPSA) is 123 Å². The van der Waals surface area contributed by atoms with Crippen molar-refractivity contribution in [1.29, 1.82) is 15.8 Å². The van der Waals surface area contributed by atoms with Crippen LogP contribution in [0, 0.1) is 34.0 Å². The molecule has 0 aliphatic carbocycles. The molecule has 9 heteroatoms. The first-order valence-corrected chi connectivity index (χ1v) is 9.99. The molecule has 0 atom stereocenters. The van der Waals surface area contributed by atoms with Crippen LogP contribution >= 0.6 is 0 Å². The molecule has 0 aliphatic heterocycles. The third kappa shape index (κ3) is 2.09. The van der Waals surface area contributed by atoms with Crippen molar-refractivity contribution in [3.63, 3.8) is 0 Å². The lowest BCUT2D eigenvalue weighted by Crippen LogP contribution is -2.04. The van der Waals surface area contributed by atoms with Crippen LogP contribution in [0.15, 0.2) is 54.6 Å². The Morgan fingerprint density at radius 2 is 0.788 bits per heavy atom. The highest BCUT2D eigenvalue weighted by Gasteiger charge is 2.21. The summed E-state index contributed by atoms with van der Waals surface area (Å²) in [5, 5.41) is 28.4. The third-order valence-electron chi connectivity index (χ3n) is 5.90. The van der Waals surface area contributed by atoms with Gasteiger partial charge in [-0.1, -0.05) is 0 Å². The Labute approximate surface area is 184 Å². The van der Waals surface area contributed by atoms with Crippen molar-refractivity contribution in [1.82, 2.24) is 28.2 Å². The van der Waals surface area contributed by atoms with Crippen molar-refractivity contribution in [2.45, 2.75) is 0 Å². The van der Waals surface area contributed by atoms with E-state index in [-0.39, 0.29) is 0 Å². The molecule has 4 aromatic heterocycles. The van der Waals surface area contributed by atoms with Gasteiger partial charge in [0.25, 0.3) is 0 Å². The number of benzene rings is 3. The number of rotatable bonds is 0. The average Bonchev–Trinajstić information content (AvgIpc) is 3.52. The normalized spacial score (nSPS) is 11.5. The zero-order valence-electron chi connectivity index (χ0n) is 16.7. The Hall–Kier alpha value is -5.46. The summed E-state index contributed by atoms with van der Waals surface area (Å²) in [5.41, 5.74) is 5.80. The zero-order valence-corrected chi connectivity index (χ0v) is 16.7. The fraction of sp³-hybridized carbons (Fsp3) is 0. The van der Waals surface area contributed by atoms with Gasteiger partial charge in [0, 0.05) is 0 Å². The van der Waals surface area contributed by atoms with Gasteiger partial charge in [0.05, 0.1) is 68.0 Å². The number of fused-ring (bicyclic) bond motifs is 12. The summed E-state index contributed by atoms with van der Waals surface area (Å²) < 4.78 is 5.65. The largest absolute Gasteiger partial charge is 0.247 e. The van der Waals surface area contributed by atoms with E-state index in [9.17, 15) is 15.8 Å². The summed E-state index contributed by atoms with van der Waals surface area (Å²) in [4.78, 5) is 14.5. The molecule has 0 spiro atoms. The van der Waals surface area contributed by atoms with Gasteiger partial charge in [0.2, 0.25) is 17.3 Å². The van der Waals surface area contributed by atoms with Gasteiger partial charge in [-0.05, 0) is 54.6 Å². The molecule has 3 aromatic carbocycles. The monoisotopic (exact) mass is 423 g/mol. The SMILES string of the molecule is N#Cc1ccc2nc3n(c2c1)c1nc2ccc(C#N)cc2n1c1nc2ccc(C#N)cc2n31. The van der Waals surface area contributed by atoms with E-state index < -0.39 is 0 Å². The molecular formula is C24H9N9. The van der Waals surface area contributed by atoms with Crippen molar-refractivity contribution in [3.05, 3.63) is 71.3 Å². The summed E-state index contributed by atoms with van der Waals surface area (Å²) >= 11 is 0. The van der Waals surface area contributed by atoms with Gasteiger partial charge in [-0.2, -0.15) is 15.8 Å². The van der Waals surface area contributed by atoms with E-state index in [1.54, 1.807) is 54.6 Å². The van der Waals surface area contributed by atoms with Crippen LogP contribution in [0.3, 0.4) is 0 Å². The molecule has 0 N–H and O–H groups in total. The summed E-state index contributed by atoms with van der Waals surface area (Å²) in [6, 6.07) is 22.5. The van der Waals surface area contributed by atoms with Gasteiger partial charge in [0.1, 0.15) is 0 Å². The Morgan fingerprint density at radius 1 is 0.485 bits per heavy atom. The molecule has 4 heterocycles. The molecule has 0 saturated heterocycles. The van der Waals surface area contributed by atoms with Crippen LogP contribution < -0.4 is 0 Å². The molecule has 0 bridgehead atoms. The predicted molar refractivity (Wildman–Crippen MR) is 119 cm³/mol. The molecular weight excluding hydrogens is 414 g/mol. The van der Waals surface area contributed by atoms with Gasteiger partial charge < -0.3 is 0 Å². The van der Waals surface area contributed by atoms with Gasteiger partial charge in [-0.3, -0.25) is 0 Å². The fourth-order valence-electron chi connectivity index (χ4n) is 4.44. The Kier molecular flexibility index (Phi) is 3.04. The van der Waals surface area contributed by atoms with Gasteiger partial charge in [0.15, 0.2) is 0 Å². The van der Waals surface area contributed by atoms with Crippen LogP contribution in [-0.4, -0.2) is 28.2 Å². The second-order valence-electron chi connectivity index (χ2n) is 7.69. The first-order chi connectivity index (χ1) is 16.2. The Bertz CT molecular complexity index is 1840. The molecule has 7 aromatic rings. The summed E-state index contributed by atoms with van der Waals surface area (Å²) in [6.45, 7) is 0. The minimum absolute atomic E-state index is 0.507. The first-order valence-electron chi connectivity index (χ1n) is 9.99. The minimum atomic E-state index is 0.507. The van der Waals surface area contributed by atoms with E-state index in [1.165, 1.54) is 0 Å². The molecule has 0 aliphatic rings. The van der Waals surface area contributed by atoms with E-state index >= 15 is 0 Å². The molecule has 33 heavy (non-hydrogen) atoms. The Balaban J connectivity index is 1.86. The fourth-order valence-corrected chi connectivity index (χ4v) is 4.44. The zero-order chi connectivity index (χ0) is 22.3. The van der Waals surface area contributed by atoms with Gasteiger partial charge >= 0.3 is 0 Å². The van der Waals surface area contributed by atoms with Crippen molar-refractivity contribution < 1.29 is 0 Å². The number of hydrogen-bond donors (Lipinski definition) is 0. The van der Waals surface area contributed by atoms with Crippen LogP contribution in [0.4, 0.5) is 0 Å². The Morgan fingerprint density at radius 3 is 1.06 bits per heavy atom. The van der Waals surface area contributed by atoms with Crippen LogP contribution in [0.5, 0.6) is 0 Å². The van der Waals surface area contributed by atoms with Crippen LogP contribution in [0.2, 0.25) is 0 Å². The molecule has 0 amide bonds. The molecule has 9 nitrogen and oxygen atoms in total. The number of nitrogens with zero attached hydrogens (tertiary/aromatic N) is 9. The van der Waals surface area contributed by atoms with E-state index in [1.807, 2.05) is 13.2 Å². The van der Waals surface area contributed by atoms with E-state index in [4.69, 9.17) is 15.0 Å². The van der Waals surface area contributed by atoms with E-state index in [0.29, 0.717) is 50.6 Å². The smallest absolute Gasteiger partial charge is 0.225 e. The van der Waals surface area contributed by atoms with Crippen molar-refractivity contribution in [2.75, 3.05) is 0 Å². The molecule has 0 unspecified atom stereocenters. The summed E-state index contributed by atoms with van der Waals surface area (Å²) in [5.74, 6) is 1.70. The standard InChI is InChI=1S/C24H9N9/c25-10-13-1-4-16-19(7-13)31-22(28-16)32-20-8-14(11-26)2-5-17(20)30-24(32)33-21-9-15(12-27)3-6-18(21)29-23(31)33/h1-9H. The lowest BCUT2D eigenvalue weighted by molar-refractivity contribution is 1.01.